The first-order chi connectivity index (χ1) is 16.5. The molecule has 4 aromatic rings. The van der Waals surface area contributed by atoms with Crippen molar-refractivity contribution in [3.63, 3.8) is 0 Å². The van der Waals surface area contributed by atoms with Crippen LogP contribution >= 0.6 is 11.6 Å². The average Bonchev–Trinajstić information content (AvgIpc) is 3.46. The summed E-state index contributed by atoms with van der Waals surface area (Å²) in [6.45, 7) is -0.493. The van der Waals surface area contributed by atoms with Gasteiger partial charge in [-0.05, 0) is 31.7 Å². The van der Waals surface area contributed by atoms with Gasteiger partial charge < -0.3 is 9.88 Å². The topological polar surface area (TPSA) is 110 Å². The molecule has 0 spiro atoms. The van der Waals surface area contributed by atoms with Gasteiger partial charge in [-0.2, -0.15) is 10.4 Å². The molecule has 2 atom stereocenters. The molecule has 4 heterocycles. The van der Waals surface area contributed by atoms with Crippen molar-refractivity contribution in [2.75, 3.05) is 5.32 Å². The number of hydrogen-bond acceptors (Lipinski definition) is 7. The third kappa shape index (κ3) is 4.54. The second-order valence-electron chi connectivity index (χ2n) is 8.22. The van der Waals surface area contributed by atoms with Crippen LogP contribution in [0.2, 0.25) is 5.02 Å². The van der Waals surface area contributed by atoms with Crippen molar-refractivity contribution in [1.82, 2.24) is 34.3 Å². The van der Waals surface area contributed by atoms with Gasteiger partial charge in [0, 0.05) is 30.0 Å². The molecule has 0 amide bonds. The normalized spacial score (nSPS) is 18.3. The van der Waals surface area contributed by atoms with E-state index in [1.807, 2.05) is 0 Å². The van der Waals surface area contributed by atoms with Gasteiger partial charge in [0.25, 0.3) is 6.43 Å². The first-order valence-electron chi connectivity index (χ1n) is 10.8. The Hall–Kier alpha value is -3.65. The molecule has 12 heteroatoms. The lowest BCUT2D eigenvalue weighted by Crippen LogP contribution is -2.29. The summed E-state index contributed by atoms with van der Waals surface area (Å²) in [6.07, 6.45) is 9.05. The molecule has 34 heavy (non-hydrogen) atoms. The predicted molar refractivity (Wildman–Crippen MR) is 121 cm³/mol. The van der Waals surface area contributed by atoms with Gasteiger partial charge in [-0.15, -0.1) is 0 Å². The first-order valence-corrected chi connectivity index (χ1v) is 11.2. The number of rotatable bonds is 6. The predicted octanol–water partition coefficient (Wildman–Crippen LogP) is 4.47. The van der Waals surface area contributed by atoms with Crippen molar-refractivity contribution < 1.29 is 8.78 Å². The lowest BCUT2D eigenvalue weighted by atomic mass is 9.91. The molecule has 1 saturated carbocycles. The lowest BCUT2D eigenvalue weighted by Gasteiger charge is -2.30. The number of hydrogen-bond donors (Lipinski definition) is 1. The van der Waals surface area contributed by atoms with Crippen LogP contribution in [0, 0.1) is 11.3 Å². The number of nitrogens with zero attached hydrogens (tertiary/aromatic N) is 8. The monoisotopic (exact) mass is 483 g/mol. The molecule has 1 fully saturated rings. The second-order valence-corrected chi connectivity index (χ2v) is 8.63. The van der Waals surface area contributed by atoms with Crippen molar-refractivity contribution >= 4 is 28.7 Å². The van der Waals surface area contributed by atoms with E-state index in [4.69, 9.17) is 16.9 Å². The van der Waals surface area contributed by atoms with Crippen molar-refractivity contribution in [3.05, 3.63) is 47.8 Å². The van der Waals surface area contributed by atoms with Gasteiger partial charge in [0.15, 0.2) is 5.65 Å². The molecule has 5 rings (SSSR count). The Morgan fingerprint density at radius 2 is 2.09 bits per heavy atom. The Bertz CT molecular complexity index is 1360. The highest BCUT2D eigenvalue weighted by molar-refractivity contribution is 6.32. The summed E-state index contributed by atoms with van der Waals surface area (Å²) in [7, 11) is 0. The molecule has 9 nitrogen and oxygen atoms in total. The van der Waals surface area contributed by atoms with Crippen LogP contribution in [-0.2, 0) is 6.54 Å². The second kappa shape index (κ2) is 9.30. The molecule has 0 aliphatic heterocycles. The maximum absolute atomic E-state index is 12.6. The van der Waals surface area contributed by atoms with Gasteiger partial charge in [0.2, 0.25) is 5.95 Å². The number of halogens is 3. The zero-order valence-corrected chi connectivity index (χ0v) is 18.7. The maximum Gasteiger partial charge on any atom is 0.257 e. The van der Waals surface area contributed by atoms with Crippen LogP contribution in [0.5, 0.6) is 0 Å². The van der Waals surface area contributed by atoms with E-state index >= 15 is 0 Å². The molecule has 0 radical (unpaired) electrons. The zero-order valence-electron chi connectivity index (χ0n) is 17.9. The van der Waals surface area contributed by atoms with Crippen LogP contribution in [0.1, 0.15) is 37.3 Å². The Labute approximate surface area is 198 Å². The minimum atomic E-state index is -2.50. The quantitative estimate of drug-likeness (QED) is 0.430. The standard InChI is InChI=1S/C22H20ClF2N9/c23-17-9-28-22(32-20(17)14-8-30-33(10-14)11-19(24)25)31-15-2-1-3-16(5-15)34-12-29-18-4-13(6-26)7-27-21(18)34/h4,7-10,12,15-16,19H,1-3,5,11H2,(H,28,31,32)/t15-,16+/m1/s1. The number of imidazole rings is 1. The van der Waals surface area contributed by atoms with Crippen molar-refractivity contribution in [3.8, 4) is 17.3 Å². The molecule has 0 bridgehead atoms. The van der Waals surface area contributed by atoms with Gasteiger partial charge in [-0.3, -0.25) is 4.68 Å². The first kappa shape index (κ1) is 22.2. The van der Waals surface area contributed by atoms with E-state index in [-0.39, 0.29) is 12.1 Å². The Kier molecular flexibility index (Phi) is 6.06. The van der Waals surface area contributed by atoms with E-state index in [0.29, 0.717) is 33.3 Å². The van der Waals surface area contributed by atoms with Crippen LogP contribution in [0.4, 0.5) is 14.7 Å². The van der Waals surface area contributed by atoms with E-state index in [2.05, 4.69) is 41.0 Å². The summed E-state index contributed by atoms with van der Waals surface area (Å²) < 4.78 is 28.5. The average molecular weight is 484 g/mol. The lowest BCUT2D eigenvalue weighted by molar-refractivity contribution is 0.122. The van der Waals surface area contributed by atoms with Gasteiger partial charge in [0.1, 0.15) is 18.1 Å². The van der Waals surface area contributed by atoms with Crippen molar-refractivity contribution in [2.24, 2.45) is 0 Å². The molecule has 0 unspecified atom stereocenters. The van der Waals surface area contributed by atoms with E-state index in [9.17, 15) is 8.78 Å². The number of fused-ring (bicyclic) bond motifs is 1. The highest BCUT2D eigenvalue weighted by atomic mass is 35.5. The van der Waals surface area contributed by atoms with Crippen LogP contribution in [-0.4, -0.2) is 46.8 Å². The minimum absolute atomic E-state index is 0.116. The number of nitriles is 1. The fraction of sp³-hybridized carbons (Fsp3) is 0.364. The Balaban J connectivity index is 1.32. The Morgan fingerprint density at radius 1 is 1.21 bits per heavy atom. The van der Waals surface area contributed by atoms with E-state index in [1.165, 1.54) is 23.3 Å². The van der Waals surface area contributed by atoms with Crippen LogP contribution in [0.3, 0.4) is 0 Å². The summed E-state index contributed by atoms with van der Waals surface area (Å²) in [5, 5.41) is 16.7. The Morgan fingerprint density at radius 3 is 2.91 bits per heavy atom. The summed E-state index contributed by atoms with van der Waals surface area (Å²) >= 11 is 6.28. The fourth-order valence-corrected chi connectivity index (χ4v) is 4.54. The molecule has 0 saturated heterocycles. The summed E-state index contributed by atoms with van der Waals surface area (Å²) in [5.74, 6) is 0.416. The summed E-state index contributed by atoms with van der Waals surface area (Å²) in [6, 6.07) is 4.14. The van der Waals surface area contributed by atoms with Crippen LogP contribution in [0.25, 0.3) is 22.4 Å². The number of pyridine rings is 1. The van der Waals surface area contributed by atoms with E-state index in [1.54, 1.807) is 18.6 Å². The molecule has 1 aliphatic rings. The molecule has 1 aliphatic carbocycles. The summed E-state index contributed by atoms with van der Waals surface area (Å²) in [5.41, 5.74) is 2.93. The number of nitrogens with one attached hydrogen (secondary N) is 1. The third-order valence-electron chi connectivity index (χ3n) is 5.89. The number of aromatic nitrogens is 7. The fourth-order valence-electron chi connectivity index (χ4n) is 4.34. The maximum atomic E-state index is 12.6. The molecule has 174 valence electrons. The summed E-state index contributed by atoms with van der Waals surface area (Å²) in [4.78, 5) is 17.7. The molecule has 1 N–H and O–H groups in total. The molecule has 4 aromatic heterocycles. The largest absolute Gasteiger partial charge is 0.351 e. The van der Waals surface area contributed by atoms with Gasteiger partial charge in [0.05, 0.1) is 35.0 Å². The van der Waals surface area contributed by atoms with Crippen molar-refractivity contribution in [1.29, 1.82) is 5.26 Å². The molecular formula is C22H20ClF2N9. The van der Waals surface area contributed by atoms with Crippen molar-refractivity contribution in [2.45, 2.75) is 50.7 Å². The van der Waals surface area contributed by atoms with Gasteiger partial charge in [-0.25, -0.2) is 28.7 Å². The molecule has 0 aromatic carbocycles. The minimum Gasteiger partial charge on any atom is -0.351 e. The van der Waals surface area contributed by atoms with Gasteiger partial charge >= 0.3 is 0 Å². The van der Waals surface area contributed by atoms with Crippen LogP contribution in [0.15, 0.2) is 37.2 Å². The zero-order chi connectivity index (χ0) is 23.7. The van der Waals surface area contributed by atoms with E-state index in [0.717, 1.165) is 31.3 Å². The van der Waals surface area contributed by atoms with E-state index < -0.39 is 13.0 Å². The highest BCUT2D eigenvalue weighted by Gasteiger charge is 2.25. The molecular weight excluding hydrogens is 464 g/mol. The third-order valence-corrected chi connectivity index (χ3v) is 6.17. The number of anilines is 1. The smallest absolute Gasteiger partial charge is 0.257 e. The van der Waals surface area contributed by atoms with Gasteiger partial charge in [-0.1, -0.05) is 11.6 Å². The van der Waals surface area contributed by atoms with Crippen LogP contribution < -0.4 is 5.32 Å². The number of alkyl halides is 2. The highest BCUT2D eigenvalue weighted by Crippen LogP contribution is 2.33. The SMILES string of the molecule is N#Cc1cnc2c(c1)ncn2[C@H]1CCC[C@@H](Nc2ncc(Cl)c(-c3cnn(CC(F)F)c3)n2)C1.